The molecular weight excluding hydrogens is 837 g/mol. The maximum Gasteiger partial charge on any atom is 0.237 e. The van der Waals surface area contributed by atoms with Crippen molar-refractivity contribution < 1.29 is 71.1 Å². The average Bonchev–Trinajstić information content (AvgIpc) is 3.38. The maximum atomic E-state index is 12.6. The van der Waals surface area contributed by atoms with Crippen molar-refractivity contribution in [2.45, 2.75) is 60.1 Å². The molecule has 0 N–H and O–H groups in total. The molecular formula is C34H30N2O15S5-4. The first-order valence-corrected chi connectivity index (χ1v) is 22.8. The molecule has 0 saturated carbocycles. The topological polar surface area (TPSA) is 277 Å². The van der Waals surface area contributed by atoms with Gasteiger partial charge in [0.05, 0.1) is 27.2 Å². The van der Waals surface area contributed by atoms with Crippen LogP contribution in [0.2, 0.25) is 0 Å². The Balaban J connectivity index is 1.56. The van der Waals surface area contributed by atoms with Crippen LogP contribution >= 0.6 is 12.0 Å². The summed E-state index contributed by atoms with van der Waals surface area (Å²) >= 11 is 0.342. The second-order valence-corrected chi connectivity index (χ2v) is 20.4. The van der Waals surface area contributed by atoms with Gasteiger partial charge < -0.3 is 28.4 Å². The van der Waals surface area contributed by atoms with Crippen molar-refractivity contribution in [3.8, 4) is 0 Å². The van der Waals surface area contributed by atoms with Gasteiger partial charge in [-0.3, -0.25) is 5.04 Å². The lowest BCUT2D eigenvalue weighted by Crippen LogP contribution is -2.31. The lowest BCUT2D eigenvalue weighted by molar-refractivity contribution is -0.777. The third-order valence-corrected chi connectivity index (χ3v) is 13.2. The number of aryl methyl sites for hydroxylation is 1. The predicted molar refractivity (Wildman–Crippen MR) is 196 cm³/mol. The van der Waals surface area contributed by atoms with Gasteiger partial charge in [0.15, 0.2) is 15.8 Å². The first-order valence-electron chi connectivity index (χ1n) is 16.1. The number of allylic oxidation sites excluding steroid dienone is 4. The molecule has 2 aliphatic heterocycles. The van der Waals surface area contributed by atoms with Gasteiger partial charge in [0.1, 0.15) is 36.2 Å². The SMILES string of the molecule is Cc1cc(S(=O)(=O)[O-])cc2ccc3c(c12)C(C)(C)C(=CC=CC1=[N+](CS(=O)(=O)[O-])c2ccc4cc(SOO[O-])cc(S(=O)(=O)[O-])c4c2C1(C)C)N3CS(=O)(=O)[O-]. The highest BCUT2D eigenvalue weighted by atomic mass is 32.2. The molecule has 0 radical (unpaired) electrons. The minimum Gasteiger partial charge on any atom is -0.747 e. The lowest BCUT2D eigenvalue weighted by Gasteiger charge is -2.28. The normalized spacial score (nSPS) is 17.8. The van der Waals surface area contributed by atoms with E-state index in [1.807, 2.05) is 0 Å². The molecule has 56 heavy (non-hydrogen) atoms. The van der Waals surface area contributed by atoms with Gasteiger partial charge in [-0.15, -0.1) is 0 Å². The second-order valence-electron chi connectivity index (χ2n) is 14.2. The molecule has 4 aromatic carbocycles. The van der Waals surface area contributed by atoms with Crippen LogP contribution in [0.5, 0.6) is 0 Å². The third kappa shape index (κ3) is 7.64. The van der Waals surface area contributed by atoms with E-state index in [-0.39, 0.29) is 38.3 Å². The van der Waals surface area contributed by atoms with E-state index in [0.717, 1.165) is 10.6 Å². The first-order chi connectivity index (χ1) is 25.7. The summed E-state index contributed by atoms with van der Waals surface area (Å²) in [6.07, 6.45) is 4.34. The summed E-state index contributed by atoms with van der Waals surface area (Å²) in [7, 11) is -20.0. The number of nitrogens with zero attached hydrogens (tertiary/aromatic N) is 2. The van der Waals surface area contributed by atoms with Crippen LogP contribution in [-0.2, 0) is 60.7 Å². The van der Waals surface area contributed by atoms with Crippen molar-refractivity contribution in [3.05, 3.63) is 89.1 Å². The van der Waals surface area contributed by atoms with Gasteiger partial charge in [0.2, 0.25) is 11.6 Å². The number of fused-ring (bicyclic) bond motifs is 6. The van der Waals surface area contributed by atoms with Crippen molar-refractivity contribution in [3.63, 3.8) is 0 Å². The van der Waals surface area contributed by atoms with E-state index in [1.165, 1.54) is 65.6 Å². The van der Waals surface area contributed by atoms with Crippen LogP contribution in [0.15, 0.2) is 87.1 Å². The molecule has 0 unspecified atom stereocenters. The number of anilines is 1. The maximum absolute atomic E-state index is 12.6. The van der Waals surface area contributed by atoms with Gasteiger partial charge >= 0.3 is 0 Å². The van der Waals surface area contributed by atoms with E-state index in [0.29, 0.717) is 39.6 Å². The summed E-state index contributed by atoms with van der Waals surface area (Å²) in [5.74, 6) is -2.13. The fourth-order valence-electron chi connectivity index (χ4n) is 7.79. The van der Waals surface area contributed by atoms with Crippen LogP contribution in [-0.4, -0.2) is 73.9 Å². The monoisotopic (exact) mass is 866 g/mol. The zero-order valence-electron chi connectivity index (χ0n) is 29.8. The van der Waals surface area contributed by atoms with Crippen molar-refractivity contribution >= 4 is 91.1 Å². The summed E-state index contributed by atoms with van der Waals surface area (Å²) in [5, 5.41) is 14.8. The largest absolute Gasteiger partial charge is 0.747 e. The van der Waals surface area contributed by atoms with Gasteiger partial charge in [-0.25, -0.2) is 33.7 Å². The molecule has 300 valence electrons. The first kappa shape index (κ1) is 41.8. The summed E-state index contributed by atoms with van der Waals surface area (Å²) in [6, 6.07) is 10.6. The van der Waals surface area contributed by atoms with Crippen LogP contribution in [0, 0.1) is 6.92 Å². The summed E-state index contributed by atoms with van der Waals surface area (Å²) in [5.41, 5.74) is -0.506. The van der Waals surface area contributed by atoms with Crippen LogP contribution < -0.4 is 10.2 Å². The highest BCUT2D eigenvalue weighted by Crippen LogP contribution is 2.52. The number of rotatable bonds is 11. The molecule has 17 nitrogen and oxygen atoms in total. The molecule has 0 bridgehead atoms. The summed E-state index contributed by atoms with van der Waals surface area (Å²) in [4.78, 5) is 0.0928. The average molecular weight is 867 g/mol. The fraction of sp³-hybridized carbons (Fsp3) is 0.265. The molecule has 2 aliphatic rings. The number of hydrogen-bond donors (Lipinski definition) is 0. The summed E-state index contributed by atoms with van der Waals surface area (Å²) in [6.45, 7) is 8.25. The Morgan fingerprint density at radius 2 is 1.43 bits per heavy atom. The van der Waals surface area contributed by atoms with E-state index in [4.69, 9.17) is 0 Å². The van der Waals surface area contributed by atoms with Crippen LogP contribution in [0.3, 0.4) is 0 Å². The lowest BCUT2D eigenvalue weighted by atomic mass is 9.78. The predicted octanol–water partition coefficient (Wildman–Crippen LogP) is 2.96. The van der Waals surface area contributed by atoms with Crippen LogP contribution in [0.1, 0.15) is 44.4 Å². The highest BCUT2D eigenvalue weighted by molar-refractivity contribution is 7.94. The minimum atomic E-state index is -5.23. The Bertz CT molecular complexity index is 2920. The molecule has 0 saturated heterocycles. The van der Waals surface area contributed by atoms with Crippen LogP contribution in [0.4, 0.5) is 11.4 Å². The molecule has 0 spiro atoms. The quantitative estimate of drug-likeness (QED) is 0.0689. The standard InChI is InChI=1S/C34H34N2O15S5/c1-19-13-23(55(44,45)46)15-21-10-12-24-31(29(19)21)33(2,3)27(35(24)17-53(38,39)40)7-6-8-28-34(4,5)32-25(36(28)18-54(41,42)43)11-9-20-14-22(52-51-50-37)16-26(30(20)32)56(47,48)49/h6-16H,17-18H2,1-5H3,(H4-,37,38,39,40,41,42,43,44,45,46,47,48,49)/p-4. The second kappa shape index (κ2) is 14.0. The molecule has 6 rings (SSSR count). The van der Waals surface area contributed by atoms with Gasteiger partial charge in [0.25, 0.3) is 0 Å². The Morgan fingerprint density at radius 3 is 2.02 bits per heavy atom. The smallest absolute Gasteiger partial charge is 0.237 e. The molecule has 0 amide bonds. The van der Waals surface area contributed by atoms with Crippen molar-refractivity contribution in [2.24, 2.45) is 0 Å². The highest BCUT2D eigenvalue weighted by Gasteiger charge is 2.47. The van der Waals surface area contributed by atoms with Crippen LogP contribution in [0.25, 0.3) is 21.5 Å². The van der Waals surface area contributed by atoms with E-state index < -0.39 is 72.8 Å². The molecule has 0 aliphatic carbocycles. The third-order valence-electron chi connectivity index (χ3n) is 9.79. The minimum absolute atomic E-state index is 0.0110. The number of hydrogen-bond acceptors (Lipinski definition) is 17. The van der Waals surface area contributed by atoms with Gasteiger partial charge in [-0.2, -0.15) is 8.91 Å². The van der Waals surface area contributed by atoms with Gasteiger partial charge in [-0.1, -0.05) is 26.0 Å². The van der Waals surface area contributed by atoms with Crippen molar-refractivity contribution in [1.82, 2.24) is 0 Å². The zero-order chi connectivity index (χ0) is 41.6. The van der Waals surface area contributed by atoms with E-state index >= 15 is 0 Å². The van der Waals surface area contributed by atoms with E-state index in [2.05, 4.69) is 9.37 Å². The molecule has 0 fully saturated rings. The Hall–Kier alpha value is -3.78. The molecule has 0 atom stereocenters. The fourth-order valence-corrected chi connectivity index (χ4v) is 10.8. The van der Waals surface area contributed by atoms with Gasteiger partial charge in [-0.05, 0) is 90.5 Å². The van der Waals surface area contributed by atoms with Crippen molar-refractivity contribution in [1.29, 1.82) is 0 Å². The Morgan fingerprint density at radius 1 is 0.786 bits per heavy atom. The summed E-state index contributed by atoms with van der Waals surface area (Å²) < 4.78 is 153. The molecule has 2 heterocycles. The molecule has 4 aromatic rings. The van der Waals surface area contributed by atoms with E-state index in [1.54, 1.807) is 34.6 Å². The molecule has 0 aromatic heterocycles. The molecule has 22 heteroatoms. The van der Waals surface area contributed by atoms with Crippen molar-refractivity contribution in [2.75, 3.05) is 16.7 Å². The Labute approximate surface area is 326 Å². The number of benzene rings is 4. The van der Waals surface area contributed by atoms with Gasteiger partial charge in [0, 0.05) is 44.8 Å². The zero-order valence-corrected chi connectivity index (χ0v) is 33.9. The Kier molecular flexibility index (Phi) is 10.4. The van der Waals surface area contributed by atoms with E-state index in [9.17, 15) is 57.1 Å².